The van der Waals surface area contributed by atoms with Gasteiger partial charge in [0.1, 0.15) is 4.88 Å². The maximum absolute atomic E-state index is 13.3. The number of hydrogen-bond donors (Lipinski definition) is 0. The summed E-state index contributed by atoms with van der Waals surface area (Å²) in [4.78, 5) is 10.7. The summed E-state index contributed by atoms with van der Waals surface area (Å²) in [5.41, 5.74) is 0.360. The van der Waals surface area contributed by atoms with Gasteiger partial charge in [-0.1, -0.05) is 40.4 Å². The third kappa shape index (κ3) is 5.27. The quantitative estimate of drug-likeness (QED) is 0.445. The summed E-state index contributed by atoms with van der Waals surface area (Å²) in [5.74, 6) is 0. The van der Waals surface area contributed by atoms with Crippen LogP contribution in [0.5, 0.6) is 0 Å². The van der Waals surface area contributed by atoms with Gasteiger partial charge in [0.2, 0.25) is 0 Å². The fourth-order valence-corrected chi connectivity index (χ4v) is 6.97. The Morgan fingerprint density at radius 1 is 1.08 bits per heavy atom. The topological polar surface area (TPSA) is 26.3 Å². The second kappa shape index (κ2) is 7.29. The molecule has 0 aliphatic heterocycles. The lowest BCUT2D eigenvalue weighted by molar-refractivity contribution is -0.134. The van der Waals surface area contributed by atoms with Gasteiger partial charge in [-0.15, -0.1) is 11.3 Å². The molecule has 0 aliphatic rings. The summed E-state index contributed by atoms with van der Waals surface area (Å²) in [6.45, 7) is 17.0. The molecule has 0 bridgehead atoms. The summed E-state index contributed by atoms with van der Waals surface area (Å²) in [7, 11) is -3.98. The van der Waals surface area contributed by atoms with Gasteiger partial charge in [0, 0.05) is 12.2 Å². The van der Waals surface area contributed by atoms with Gasteiger partial charge in [-0.25, -0.2) is 0 Å². The van der Waals surface area contributed by atoms with E-state index in [1.807, 2.05) is 19.6 Å². The van der Waals surface area contributed by atoms with Gasteiger partial charge in [-0.05, 0) is 34.6 Å². The summed E-state index contributed by atoms with van der Waals surface area (Å²) in [6.07, 6.45) is -3.77. The van der Waals surface area contributed by atoms with Gasteiger partial charge in [0.25, 0.3) is 0 Å². The highest BCUT2D eigenvalue weighted by atomic mass is 32.1. The van der Waals surface area contributed by atoms with Crippen LogP contribution >= 0.6 is 11.3 Å². The second-order valence-corrected chi connectivity index (χ2v) is 20.1. The predicted octanol–water partition coefficient (Wildman–Crippen LogP) is 5.69. The van der Waals surface area contributed by atoms with E-state index in [-0.39, 0.29) is 10.6 Å². The molecule has 1 heterocycles. The van der Waals surface area contributed by atoms with E-state index < -0.39 is 27.4 Å². The van der Waals surface area contributed by atoms with E-state index in [2.05, 4.69) is 33.9 Å². The van der Waals surface area contributed by atoms with Crippen LogP contribution in [0, 0.1) is 0 Å². The zero-order valence-corrected chi connectivity index (χ0v) is 19.2. The fraction of sp³-hybridized carbons (Fsp3) is 0.706. The SMILES string of the molecule is CC(C)(C)[Si](C)(C)OCCc1c([Si](C)(C)C)sc(C(F)(F)F)c1C=O. The number of hydrogen-bond acceptors (Lipinski definition) is 3. The van der Waals surface area contributed by atoms with Gasteiger partial charge in [0.05, 0.1) is 8.07 Å². The molecule has 0 fully saturated rings. The van der Waals surface area contributed by atoms with Crippen molar-refractivity contribution in [2.45, 2.75) is 71.1 Å². The average Bonchev–Trinajstić information content (AvgIpc) is 2.75. The lowest BCUT2D eigenvalue weighted by Gasteiger charge is -2.36. The first kappa shape index (κ1) is 22.6. The Bertz CT molecular complexity index is 624. The summed E-state index contributed by atoms with van der Waals surface area (Å²) in [6, 6.07) is 0. The van der Waals surface area contributed by atoms with E-state index in [1.54, 1.807) is 0 Å². The molecule has 0 aromatic carbocycles. The number of aldehydes is 1. The predicted molar refractivity (Wildman–Crippen MR) is 105 cm³/mol. The van der Waals surface area contributed by atoms with Crippen molar-refractivity contribution in [2.75, 3.05) is 6.61 Å². The third-order valence-electron chi connectivity index (χ3n) is 4.73. The molecule has 0 saturated carbocycles. The molecule has 0 atom stereocenters. The van der Waals surface area contributed by atoms with Gasteiger partial charge in [-0.2, -0.15) is 13.2 Å². The van der Waals surface area contributed by atoms with Crippen LogP contribution in [0.25, 0.3) is 0 Å². The molecule has 0 amide bonds. The number of thiophene rings is 1. The van der Waals surface area contributed by atoms with Gasteiger partial charge in [-0.3, -0.25) is 4.79 Å². The average molecular weight is 411 g/mol. The molecule has 0 saturated heterocycles. The Labute approximate surface area is 154 Å². The first-order valence-corrected chi connectivity index (χ1v) is 15.6. The Morgan fingerprint density at radius 3 is 1.96 bits per heavy atom. The molecule has 8 heteroatoms. The lowest BCUT2D eigenvalue weighted by Crippen LogP contribution is -2.42. The Hall–Kier alpha value is -0.446. The molecule has 2 nitrogen and oxygen atoms in total. The molecule has 144 valence electrons. The van der Waals surface area contributed by atoms with E-state index in [0.29, 0.717) is 24.9 Å². The van der Waals surface area contributed by atoms with Gasteiger partial charge >= 0.3 is 6.18 Å². The standard InChI is InChI=1S/C17H29F3O2SSi2/c1-16(2,3)25(7,8)22-10-9-12-13(11-21)14(17(18,19)20)23-15(12)24(4,5)6/h11H,9-10H2,1-8H3. The van der Waals surface area contributed by atoms with Gasteiger partial charge in [0.15, 0.2) is 14.6 Å². The van der Waals surface area contributed by atoms with Crippen molar-refractivity contribution < 1.29 is 22.4 Å². The van der Waals surface area contributed by atoms with Gasteiger partial charge < -0.3 is 4.43 Å². The van der Waals surface area contributed by atoms with Crippen LogP contribution in [-0.4, -0.2) is 29.3 Å². The van der Waals surface area contributed by atoms with Crippen molar-refractivity contribution in [1.29, 1.82) is 0 Å². The molecular weight excluding hydrogens is 381 g/mol. The highest BCUT2D eigenvalue weighted by Gasteiger charge is 2.41. The first-order chi connectivity index (χ1) is 11.0. The summed E-state index contributed by atoms with van der Waals surface area (Å²) >= 11 is 0.749. The molecule has 1 aromatic heterocycles. The van der Waals surface area contributed by atoms with Crippen molar-refractivity contribution in [3.05, 3.63) is 16.0 Å². The third-order valence-corrected chi connectivity index (χ3v) is 14.2. The number of halogens is 3. The second-order valence-electron chi connectivity index (χ2n) is 8.88. The van der Waals surface area contributed by atoms with Crippen molar-refractivity contribution in [3.63, 3.8) is 0 Å². The number of rotatable bonds is 6. The molecule has 0 N–H and O–H groups in total. The van der Waals surface area contributed by atoms with Crippen LogP contribution in [0.15, 0.2) is 0 Å². The fourth-order valence-electron chi connectivity index (χ4n) is 2.29. The monoisotopic (exact) mass is 410 g/mol. The first-order valence-electron chi connectivity index (χ1n) is 8.35. The molecule has 0 unspecified atom stereocenters. The van der Waals surface area contributed by atoms with Crippen molar-refractivity contribution in [1.82, 2.24) is 0 Å². The van der Waals surface area contributed by atoms with Crippen LogP contribution in [0.3, 0.4) is 0 Å². The van der Waals surface area contributed by atoms with Crippen LogP contribution in [0.1, 0.15) is 41.6 Å². The molecular formula is C17H29F3O2SSi2. The Morgan fingerprint density at radius 2 is 1.60 bits per heavy atom. The van der Waals surface area contributed by atoms with E-state index in [0.717, 1.165) is 15.8 Å². The number of carbonyl (C=O) groups excluding carboxylic acids is 1. The Balaban J connectivity index is 3.22. The molecule has 25 heavy (non-hydrogen) atoms. The van der Waals surface area contributed by atoms with Crippen molar-refractivity contribution in [3.8, 4) is 0 Å². The van der Waals surface area contributed by atoms with Crippen molar-refractivity contribution >= 4 is 38.5 Å². The maximum atomic E-state index is 13.3. The summed E-state index contributed by atoms with van der Waals surface area (Å²) < 4.78 is 46.9. The Kier molecular flexibility index (Phi) is 6.58. The molecule has 1 aromatic rings. The van der Waals surface area contributed by atoms with Crippen LogP contribution in [-0.2, 0) is 17.0 Å². The van der Waals surface area contributed by atoms with Crippen LogP contribution in [0.2, 0.25) is 37.8 Å². The molecule has 0 aliphatic carbocycles. The van der Waals surface area contributed by atoms with Crippen LogP contribution < -0.4 is 4.50 Å². The largest absolute Gasteiger partial charge is 0.426 e. The number of alkyl halides is 3. The minimum absolute atomic E-state index is 0.0356. The number of carbonyl (C=O) groups is 1. The van der Waals surface area contributed by atoms with Crippen molar-refractivity contribution in [2.24, 2.45) is 0 Å². The lowest BCUT2D eigenvalue weighted by atomic mass is 10.1. The zero-order valence-electron chi connectivity index (χ0n) is 16.4. The van der Waals surface area contributed by atoms with E-state index >= 15 is 0 Å². The summed E-state index contributed by atoms with van der Waals surface area (Å²) in [5, 5.41) is 0.0356. The van der Waals surface area contributed by atoms with E-state index in [4.69, 9.17) is 4.43 Å². The van der Waals surface area contributed by atoms with Crippen LogP contribution in [0.4, 0.5) is 13.2 Å². The normalized spacial score (nSPS) is 14.0. The van der Waals surface area contributed by atoms with E-state index in [9.17, 15) is 18.0 Å². The minimum Gasteiger partial charge on any atom is -0.416 e. The molecule has 1 rings (SSSR count). The highest BCUT2D eigenvalue weighted by Crippen LogP contribution is 2.39. The smallest absolute Gasteiger partial charge is 0.416 e. The zero-order chi connectivity index (χ0) is 19.8. The highest BCUT2D eigenvalue weighted by molar-refractivity contribution is 7.27. The molecule has 0 radical (unpaired) electrons. The minimum atomic E-state index is -4.49. The van der Waals surface area contributed by atoms with E-state index in [1.165, 1.54) is 0 Å². The maximum Gasteiger partial charge on any atom is 0.426 e. The molecule has 0 spiro atoms.